The lowest BCUT2D eigenvalue weighted by Crippen LogP contribution is -2.43. The summed E-state index contributed by atoms with van der Waals surface area (Å²) in [4.78, 5) is 41.5. The van der Waals surface area contributed by atoms with E-state index in [9.17, 15) is 14.4 Å². The molecular formula is C26H34N2O6. The molecule has 0 radical (unpaired) electrons. The molecule has 0 unspecified atom stereocenters. The maximum Gasteiger partial charge on any atom is 0.328 e. The van der Waals surface area contributed by atoms with Gasteiger partial charge < -0.3 is 14.8 Å². The maximum atomic E-state index is 12.3. The molecule has 0 aromatic heterocycles. The number of amides is 2. The number of carbonyl (C=O) groups is 3. The van der Waals surface area contributed by atoms with Gasteiger partial charge in [-0.3, -0.25) is 14.4 Å². The molecule has 2 aromatic carbocycles. The summed E-state index contributed by atoms with van der Waals surface area (Å²) in [5.41, 5.74) is 4.33. The number of hydroxylamine groups is 1. The van der Waals surface area contributed by atoms with Crippen LogP contribution >= 0.6 is 0 Å². The summed E-state index contributed by atoms with van der Waals surface area (Å²) in [6, 6.07) is 16.2. The summed E-state index contributed by atoms with van der Waals surface area (Å²) < 4.78 is 9.97. The Kier molecular flexibility index (Phi) is 12.2. The Hall–Kier alpha value is -3.39. The molecule has 0 aliphatic heterocycles. The molecule has 2 rings (SSSR count). The summed E-state index contributed by atoms with van der Waals surface area (Å²) in [7, 11) is 2.89. The Bertz CT molecular complexity index is 886. The summed E-state index contributed by atoms with van der Waals surface area (Å²) in [6.07, 6.45) is 4.04. The van der Waals surface area contributed by atoms with Crippen LogP contribution in [0.3, 0.4) is 0 Å². The van der Waals surface area contributed by atoms with Gasteiger partial charge in [0.25, 0.3) is 0 Å². The predicted molar refractivity (Wildman–Crippen MR) is 128 cm³/mol. The normalized spacial score (nSPS) is 11.4. The number of esters is 1. The first kappa shape index (κ1) is 26.9. The highest BCUT2D eigenvalue weighted by atomic mass is 16.6. The van der Waals surface area contributed by atoms with Crippen molar-refractivity contribution in [1.82, 2.24) is 10.8 Å². The number of nitrogens with one attached hydrogen (secondary N) is 2. The Balaban J connectivity index is 1.59. The molecule has 0 saturated carbocycles. The van der Waals surface area contributed by atoms with Crippen molar-refractivity contribution in [3.63, 3.8) is 0 Å². The molecule has 0 aliphatic rings. The molecule has 8 heteroatoms. The third kappa shape index (κ3) is 10.5. The van der Waals surface area contributed by atoms with Gasteiger partial charge in [0.15, 0.2) is 0 Å². The lowest BCUT2D eigenvalue weighted by Gasteiger charge is -2.17. The molecule has 0 spiro atoms. The number of hydrogen-bond acceptors (Lipinski definition) is 6. The van der Waals surface area contributed by atoms with Gasteiger partial charge in [0.1, 0.15) is 11.8 Å². The van der Waals surface area contributed by atoms with Gasteiger partial charge in [-0.15, -0.1) is 0 Å². The summed E-state index contributed by atoms with van der Waals surface area (Å²) >= 11 is 0. The van der Waals surface area contributed by atoms with Gasteiger partial charge in [0.05, 0.1) is 20.8 Å². The number of carbonyl (C=O) groups excluding carboxylic acids is 3. The first-order chi connectivity index (χ1) is 16.5. The largest absolute Gasteiger partial charge is 0.497 e. The molecule has 0 heterocycles. The van der Waals surface area contributed by atoms with Gasteiger partial charge in [-0.2, -0.15) is 0 Å². The summed E-state index contributed by atoms with van der Waals surface area (Å²) in [5, 5.41) is 2.77. The van der Waals surface area contributed by atoms with Crippen LogP contribution < -0.4 is 15.5 Å². The summed E-state index contributed by atoms with van der Waals surface area (Å²) in [5.74, 6) is -0.117. The van der Waals surface area contributed by atoms with Gasteiger partial charge in [0.2, 0.25) is 11.8 Å². The van der Waals surface area contributed by atoms with Crippen molar-refractivity contribution in [3.8, 4) is 5.75 Å². The first-order valence-corrected chi connectivity index (χ1v) is 11.5. The molecule has 2 amide bonds. The van der Waals surface area contributed by atoms with E-state index in [1.165, 1.54) is 7.11 Å². The van der Waals surface area contributed by atoms with E-state index in [1.54, 1.807) is 19.2 Å². The average Bonchev–Trinajstić information content (AvgIpc) is 2.86. The van der Waals surface area contributed by atoms with E-state index in [1.807, 2.05) is 42.5 Å². The number of methoxy groups -OCH3 is 2. The average molecular weight is 471 g/mol. The van der Waals surface area contributed by atoms with Gasteiger partial charge in [-0.05, 0) is 36.1 Å². The smallest absolute Gasteiger partial charge is 0.328 e. The highest BCUT2D eigenvalue weighted by molar-refractivity contribution is 5.84. The van der Waals surface area contributed by atoms with Crippen molar-refractivity contribution in [3.05, 3.63) is 65.7 Å². The minimum Gasteiger partial charge on any atom is -0.497 e. The minimum absolute atomic E-state index is 0.159. The minimum atomic E-state index is -0.745. The predicted octanol–water partition coefficient (Wildman–Crippen LogP) is 3.48. The van der Waals surface area contributed by atoms with Gasteiger partial charge in [-0.25, -0.2) is 10.3 Å². The SMILES string of the molecule is COC(=O)[C@H](Cc1ccc(OC)cc1)NC(=O)CCCCCCC(=O)NOCc1ccccc1. The Morgan fingerprint density at radius 2 is 1.44 bits per heavy atom. The Morgan fingerprint density at radius 3 is 2.06 bits per heavy atom. The van der Waals surface area contributed by atoms with E-state index in [4.69, 9.17) is 14.3 Å². The van der Waals surface area contributed by atoms with Crippen molar-refractivity contribution < 1.29 is 28.7 Å². The van der Waals surface area contributed by atoms with Crippen molar-refractivity contribution in [2.24, 2.45) is 0 Å². The molecule has 2 aromatic rings. The first-order valence-electron chi connectivity index (χ1n) is 11.5. The quantitative estimate of drug-likeness (QED) is 0.235. The second-order valence-electron chi connectivity index (χ2n) is 7.91. The molecule has 0 saturated heterocycles. The molecular weight excluding hydrogens is 436 g/mol. The third-order valence-electron chi connectivity index (χ3n) is 5.25. The highest BCUT2D eigenvalue weighted by Crippen LogP contribution is 2.13. The van der Waals surface area contributed by atoms with Crippen LogP contribution in [0.25, 0.3) is 0 Å². The number of unbranched alkanes of at least 4 members (excludes halogenated alkanes) is 3. The van der Waals surface area contributed by atoms with Crippen LogP contribution in [0, 0.1) is 0 Å². The van der Waals surface area contributed by atoms with Crippen LogP contribution in [0.1, 0.15) is 49.7 Å². The van der Waals surface area contributed by atoms with E-state index in [0.29, 0.717) is 38.7 Å². The molecule has 184 valence electrons. The molecule has 0 bridgehead atoms. The van der Waals surface area contributed by atoms with Crippen LogP contribution in [0.15, 0.2) is 54.6 Å². The van der Waals surface area contributed by atoms with E-state index < -0.39 is 12.0 Å². The fraction of sp³-hybridized carbons (Fsp3) is 0.423. The fourth-order valence-electron chi connectivity index (χ4n) is 3.35. The van der Waals surface area contributed by atoms with E-state index in [2.05, 4.69) is 10.8 Å². The Morgan fingerprint density at radius 1 is 0.794 bits per heavy atom. The molecule has 1 atom stereocenters. The fourth-order valence-corrected chi connectivity index (χ4v) is 3.35. The van der Waals surface area contributed by atoms with E-state index >= 15 is 0 Å². The standard InChI is InChI=1S/C26H34N2O6/c1-32-22-16-14-20(15-17-22)18-23(26(31)33-2)27-24(29)12-8-3-4-9-13-25(30)28-34-19-21-10-6-5-7-11-21/h5-7,10-11,14-17,23H,3-4,8-9,12-13,18-19H2,1-2H3,(H,27,29)(H,28,30)/t23-/m0/s1. The third-order valence-corrected chi connectivity index (χ3v) is 5.25. The molecule has 0 aliphatic carbocycles. The second kappa shape index (κ2) is 15.4. The molecule has 34 heavy (non-hydrogen) atoms. The Labute approximate surface area is 200 Å². The number of benzene rings is 2. The van der Waals surface area contributed by atoms with E-state index in [0.717, 1.165) is 29.7 Å². The lowest BCUT2D eigenvalue weighted by molar-refractivity contribution is -0.145. The zero-order valence-corrected chi connectivity index (χ0v) is 19.9. The van der Waals surface area contributed by atoms with Crippen molar-refractivity contribution >= 4 is 17.8 Å². The van der Waals surface area contributed by atoms with Crippen LogP contribution in [0.4, 0.5) is 0 Å². The van der Waals surface area contributed by atoms with Gasteiger partial charge >= 0.3 is 5.97 Å². The topological polar surface area (TPSA) is 103 Å². The number of rotatable bonds is 15. The molecule has 2 N–H and O–H groups in total. The van der Waals surface area contributed by atoms with Crippen molar-refractivity contribution in [2.45, 2.75) is 57.6 Å². The maximum absolute atomic E-state index is 12.3. The molecule has 0 fully saturated rings. The van der Waals surface area contributed by atoms with Crippen LogP contribution in [-0.2, 0) is 37.0 Å². The van der Waals surface area contributed by atoms with E-state index in [-0.39, 0.29) is 11.8 Å². The zero-order valence-electron chi connectivity index (χ0n) is 19.9. The van der Waals surface area contributed by atoms with Gasteiger partial charge in [0, 0.05) is 19.3 Å². The zero-order chi connectivity index (χ0) is 24.6. The van der Waals surface area contributed by atoms with Crippen molar-refractivity contribution in [1.29, 1.82) is 0 Å². The molecule has 8 nitrogen and oxygen atoms in total. The van der Waals surface area contributed by atoms with Crippen LogP contribution in [0.2, 0.25) is 0 Å². The second-order valence-corrected chi connectivity index (χ2v) is 7.91. The van der Waals surface area contributed by atoms with Crippen LogP contribution in [0.5, 0.6) is 5.75 Å². The van der Waals surface area contributed by atoms with Gasteiger partial charge in [-0.1, -0.05) is 55.3 Å². The number of ether oxygens (including phenoxy) is 2. The monoisotopic (exact) mass is 470 g/mol. The summed E-state index contributed by atoms with van der Waals surface area (Å²) in [6.45, 7) is 0.326. The van der Waals surface area contributed by atoms with Crippen molar-refractivity contribution in [2.75, 3.05) is 14.2 Å². The lowest BCUT2D eigenvalue weighted by atomic mass is 10.0. The highest BCUT2D eigenvalue weighted by Gasteiger charge is 2.21. The van der Waals surface area contributed by atoms with Crippen LogP contribution in [-0.4, -0.2) is 38.0 Å². The number of hydrogen-bond donors (Lipinski definition) is 2.